The number of carbonyl (C=O) groups is 1. The highest BCUT2D eigenvalue weighted by atomic mass is 35.6. The second-order valence-corrected chi connectivity index (χ2v) is 8.22. The van der Waals surface area contributed by atoms with Crippen molar-refractivity contribution in [2.45, 2.75) is 36.6 Å². The van der Waals surface area contributed by atoms with Crippen molar-refractivity contribution in [2.75, 3.05) is 13.1 Å². The van der Waals surface area contributed by atoms with Crippen LogP contribution in [0.1, 0.15) is 27.2 Å². The molecule has 0 aliphatic carbocycles. The SMILES string of the molecule is C=CC1CC(C(Cl)(Cl)Cl)CN(C(=O)OC(C)(C)C)C1. The van der Waals surface area contributed by atoms with E-state index in [4.69, 9.17) is 39.5 Å². The van der Waals surface area contributed by atoms with E-state index in [-0.39, 0.29) is 17.9 Å². The number of nitrogens with zero attached hydrogens (tertiary/aromatic N) is 1. The molecule has 0 spiro atoms. The summed E-state index contributed by atoms with van der Waals surface area (Å²) >= 11 is 17.9. The van der Waals surface area contributed by atoms with Crippen molar-refractivity contribution in [3.05, 3.63) is 12.7 Å². The Morgan fingerprint density at radius 1 is 1.32 bits per heavy atom. The van der Waals surface area contributed by atoms with Crippen LogP contribution < -0.4 is 0 Å². The minimum Gasteiger partial charge on any atom is -0.444 e. The number of carbonyl (C=O) groups excluding carboxylic acids is 1. The highest BCUT2D eigenvalue weighted by molar-refractivity contribution is 6.67. The summed E-state index contributed by atoms with van der Waals surface area (Å²) in [5, 5.41) is 0. The first-order valence-corrected chi connectivity index (χ1v) is 7.33. The fraction of sp³-hybridized carbons (Fsp3) is 0.769. The van der Waals surface area contributed by atoms with Crippen molar-refractivity contribution in [3.8, 4) is 0 Å². The minimum atomic E-state index is -1.39. The van der Waals surface area contributed by atoms with Crippen LogP contribution in [-0.4, -0.2) is 33.5 Å². The van der Waals surface area contributed by atoms with Crippen LogP contribution in [0.2, 0.25) is 0 Å². The summed E-state index contributed by atoms with van der Waals surface area (Å²) in [4.78, 5) is 13.7. The number of hydrogen-bond donors (Lipinski definition) is 0. The molecule has 110 valence electrons. The van der Waals surface area contributed by atoms with E-state index in [9.17, 15) is 4.79 Å². The Hall–Kier alpha value is -0.120. The number of alkyl halides is 3. The standard InChI is InChI=1S/C13H20Cl3NO2/c1-5-9-6-10(13(14,15)16)8-17(7-9)11(18)19-12(2,3)4/h5,9-10H,1,6-8H2,2-4H3. The van der Waals surface area contributed by atoms with Gasteiger partial charge in [0.25, 0.3) is 0 Å². The molecule has 0 aromatic rings. The van der Waals surface area contributed by atoms with Crippen molar-refractivity contribution < 1.29 is 9.53 Å². The van der Waals surface area contributed by atoms with E-state index in [1.54, 1.807) is 11.0 Å². The van der Waals surface area contributed by atoms with Crippen molar-refractivity contribution in [2.24, 2.45) is 11.8 Å². The van der Waals surface area contributed by atoms with Crippen LogP contribution in [0, 0.1) is 11.8 Å². The molecule has 2 atom stereocenters. The molecule has 1 heterocycles. The smallest absolute Gasteiger partial charge is 0.410 e. The second kappa shape index (κ2) is 6.11. The lowest BCUT2D eigenvalue weighted by Crippen LogP contribution is -2.48. The number of likely N-dealkylation sites (tertiary alicyclic amines) is 1. The van der Waals surface area contributed by atoms with Crippen LogP contribution in [-0.2, 0) is 4.74 Å². The molecule has 0 aromatic heterocycles. The quantitative estimate of drug-likeness (QED) is 0.527. The van der Waals surface area contributed by atoms with E-state index in [1.165, 1.54) is 0 Å². The molecule has 0 saturated carbocycles. The summed E-state index contributed by atoms with van der Waals surface area (Å²) in [6, 6.07) is 0. The van der Waals surface area contributed by atoms with Gasteiger partial charge in [-0.2, -0.15) is 0 Å². The number of ether oxygens (including phenoxy) is 1. The van der Waals surface area contributed by atoms with E-state index in [0.717, 1.165) is 0 Å². The molecule has 1 fully saturated rings. The Morgan fingerprint density at radius 3 is 2.32 bits per heavy atom. The van der Waals surface area contributed by atoms with Gasteiger partial charge in [-0.15, -0.1) is 6.58 Å². The normalized spacial score (nSPS) is 25.1. The summed E-state index contributed by atoms with van der Waals surface area (Å²) in [6.45, 7) is 10.2. The van der Waals surface area contributed by atoms with Gasteiger partial charge in [-0.1, -0.05) is 40.9 Å². The fourth-order valence-electron chi connectivity index (χ4n) is 2.02. The molecule has 3 nitrogen and oxygen atoms in total. The lowest BCUT2D eigenvalue weighted by molar-refractivity contribution is 0.0128. The van der Waals surface area contributed by atoms with Gasteiger partial charge in [0, 0.05) is 19.0 Å². The Kier molecular flexibility index (Phi) is 5.44. The second-order valence-electron chi connectivity index (χ2n) is 5.86. The Labute approximate surface area is 129 Å². The van der Waals surface area contributed by atoms with Crippen LogP contribution in [0.5, 0.6) is 0 Å². The van der Waals surface area contributed by atoms with E-state index >= 15 is 0 Å². The third-order valence-electron chi connectivity index (χ3n) is 2.93. The third kappa shape index (κ3) is 5.41. The van der Waals surface area contributed by atoms with Crippen molar-refractivity contribution in [1.82, 2.24) is 4.90 Å². The fourth-order valence-corrected chi connectivity index (χ4v) is 2.50. The Morgan fingerprint density at radius 2 is 1.89 bits per heavy atom. The van der Waals surface area contributed by atoms with Gasteiger partial charge in [-0.05, 0) is 33.1 Å². The average molecular weight is 329 g/mol. The molecule has 1 rings (SSSR count). The summed E-state index contributed by atoms with van der Waals surface area (Å²) in [6.07, 6.45) is 2.12. The minimum absolute atomic E-state index is 0.113. The molecule has 0 bridgehead atoms. The molecule has 1 aliphatic rings. The van der Waals surface area contributed by atoms with Gasteiger partial charge in [0.05, 0.1) is 0 Å². The predicted molar refractivity (Wildman–Crippen MR) is 79.9 cm³/mol. The highest BCUT2D eigenvalue weighted by Crippen LogP contribution is 2.41. The molecule has 0 radical (unpaired) electrons. The maximum atomic E-state index is 12.1. The molecule has 2 unspecified atom stereocenters. The monoisotopic (exact) mass is 327 g/mol. The van der Waals surface area contributed by atoms with Crippen LogP contribution in [0.25, 0.3) is 0 Å². The maximum absolute atomic E-state index is 12.1. The first-order chi connectivity index (χ1) is 8.53. The summed E-state index contributed by atoms with van der Waals surface area (Å²) in [5.74, 6) is -0.108. The number of hydrogen-bond acceptors (Lipinski definition) is 2. The molecule has 6 heteroatoms. The largest absolute Gasteiger partial charge is 0.444 e. The van der Waals surface area contributed by atoms with Gasteiger partial charge in [0.1, 0.15) is 5.60 Å². The van der Waals surface area contributed by atoms with Gasteiger partial charge in [0.15, 0.2) is 3.79 Å². The summed E-state index contributed by atoms with van der Waals surface area (Å²) < 4.78 is 3.97. The van der Waals surface area contributed by atoms with Gasteiger partial charge in [0.2, 0.25) is 0 Å². The van der Waals surface area contributed by atoms with E-state index in [1.807, 2.05) is 20.8 Å². The predicted octanol–water partition coefficient (Wildman–Crippen LogP) is 4.42. The van der Waals surface area contributed by atoms with Gasteiger partial charge < -0.3 is 9.64 Å². The summed E-state index contributed by atoms with van der Waals surface area (Å²) in [7, 11) is 0. The Bertz CT molecular complexity index is 347. The topological polar surface area (TPSA) is 29.5 Å². The van der Waals surface area contributed by atoms with Crippen LogP contribution >= 0.6 is 34.8 Å². The van der Waals surface area contributed by atoms with Crippen molar-refractivity contribution in [3.63, 3.8) is 0 Å². The lowest BCUT2D eigenvalue weighted by atomic mass is 9.90. The van der Waals surface area contributed by atoms with Gasteiger partial charge in [-0.25, -0.2) is 4.79 Å². The first-order valence-electron chi connectivity index (χ1n) is 6.20. The molecule has 1 amide bonds. The zero-order chi connectivity index (χ0) is 14.8. The van der Waals surface area contributed by atoms with E-state index in [2.05, 4.69) is 6.58 Å². The Balaban J connectivity index is 2.78. The average Bonchev–Trinajstić information content (AvgIpc) is 2.25. The van der Waals surface area contributed by atoms with Crippen LogP contribution in [0.4, 0.5) is 4.79 Å². The third-order valence-corrected chi connectivity index (χ3v) is 3.86. The van der Waals surface area contributed by atoms with Gasteiger partial charge >= 0.3 is 6.09 Å². The molecule has 0 aromatic carbocycles. The van der Waals surface area contributed by atoms with Gasteiger partial charge in [-0.3, -0.25) is 0 Å². The number of rotatable bonds is 1. The molecular weight excluding hydrogens is 309 g/mol. The zero-order valence-corrected chi connectivity index (χ0v) is 13.7. The van der Waals surface area contributed by atoms with Crippen LogP contribution in [0.3, 0.4) is 0 Å². The molecular formula is C13H20Cl3NO2. The molecule has 19 heavy (non-hydrogen) atoms. The van der Waals surface area contributed by atoms with Crippen molar-refractivity contribution in [1.29, 1.82) is 0 Å². The molecule has 1 saturated heterocycles. The van der Waals surface area contributed by atoms with E-state index in [0.29, 0.717) is 19.5 Å². The van der Waals surface area contributed by atoms with Crippen molar-refractivity contribution >= 4 is 40.9 Å². The maximum Gasteiger partial charge on any atom is 0.410 e. The zero-order valence-electron chi connectivity index (χ0n) is 11.5. The molecule has 1 aliphatic heterocycles. The first kappa shape index (κ1) is 16.9. The number of amides is 1. The highest BCUT2D eigenvalue weighted by Gasteiger charge is 2.40. The molecule has 0 N–H and O–H groups in total. The summed E-state index contributed by atoms with van der Waals surface area (Å²) in [5.41, 5.74) is -0.534. The lowest BCUT2D eigenvalue weighted by Gasteiger charge is -2.39. The van der Waals surface area contributed by atoms with Crippen LogP contribution in [0.15, 0.2) is 12.7 Å². The van der Waals surface area contributed by atoms with E-state index < -0.39 is 9.39 Å². The number of halogens is 3. The number of piperidine rings is 1.